The number of rotatable bonds is 4. The molecule has 33 heavy (non-hydrogen) atoms. The SMILES string of the molecule is COc1ccc([C@H]2[C@H]3c4c(c5ccccc5n(C)c4=O)CC(C)(C)[C@H]3[C@@H]2C2CC2)cc1OC. The molecule has 2 aromatic carbocycles. The van der Waals surface area contributed by atoms with E-state index >= 15 is 0 Å². The monoisotopic (exact) mass is 443 g/mol. The van der Waals surface area contributed by atoms with E-state index in [1.807, 2.05) is 23.7 Å². The minimum absolute atomic E-state index is 0.160. The van der Waals surface area contributed by atoms with Crippen LogP contribution in [0.15, 0.2) is 47.3 Å². The van der Waals surface area contributed by atoms with Crippen LogP contribution in [0.3, 0.4) is 0 Å². The van der Waals surface area contributed by atoms with Crippen LogP contribution < -0.4 is 15.0 Å². The van der Waals surface area contributed by atoms with Gasteiger partial charge in [-0.1, -0.05) is 38.1 Å². The summed E-state index contributed by atoms with van der Waals surface area (Å²) in [5, 5.41) is 1.24. The first-order chi connectivity index (χ1) is 15.9. The third kappa shape index (κ3) is 2.85. The second kappa shape index (κ2) is 7.12. The molecule has 1 aromatic heterocycles. The van der Waals surface area contributed by atoms with Gasteiger partial charge in [0.25, 0.3) is 5.56 Å². The average Bonchev–Trinajstić information content (AvgIpc) is 3.62. The molecule has 4 atom stereocenters. The van der Waals surface area contributed by atoms with Crippen LogP contribution in [0.4, 0.5) is 0 Å². The Hall–Kier alpha value is -2.75. The maximum atomic E-state index is 13.8. The summed E-state index contributed by atoms with van der Waals surface area (Å²) in [6, 6.07) is 14.8. The second-order valence-electron chi connectivity index (χ2n) is 11.0. The van der Waals surface area contributed by atoms with Crippen LogP contribution in [0.1, 0.15) is 55.2 Å². The maximum absolute atomic E-state index is 13.8. The first-order valence-corrected chi connectivity index (χ1v) is 12.2. The van der Waals surface area contributed by atoms with Crippen molar-refractivity contribution in [1.29, 1.82) is 0 Å². The van der Waals surface area contributed by atoms with Crippen LogP contribution in [0, 0.1) is 23.2 Å². The smallest absolute Gasteiger partial charge is 0.254 e. The lowest BCUT2D eigenvalue weighted by molar-refractivity contribution is -0.0370. The summed E-state index contributed by atoms with van der Waals surface area (Å²) in [4.78, 5) is 13.8. The third-order valence-corrected chi connectivity index (χ3v) is 8.88. The van der Waals surface area contributed by atoms with Crippen LogP contribution in [0.25, 0.3) is 10.9 Å². The largest absolute Gasteiger partial charge is 0.493 e. The molecule has 0 bridgehead atoms. The number of para-hydroxylation sites is 1. The molecule has 3 aromatic rings. The fraction of sp³-hybridized carbons (Fsp3) is 0.483. The van der Waals surface area contributed by atoms with Crippen molar-refractivity contribution in [3.05, 3.63) is 69.5 Å². The van der Waals surface area contributed by atoms with Crippen LogP contribution in [-0.2, 0) is 13.5 Å². The van der Waals surface area contributed by atoms with Gasteiger partial charge in [0.05, 0.1) is 19.7 Å². The number of fused-ring (bicyclic) bond motifs is 5. The lowest BCUT2D eigenvalue weighted by atomic mass is 9.41. The number of benzene rings is 2. The number of hydrogen-bond donors (Lipinski definition) is 0. The molecule has 3 aliphatic carbocycles. The summed E-state index contributed by atoms with van der Waals surface area (Å²) in [5.74, 6) is 4.04. The van der Waals surface area contributed by atoms with E-state index in [1.54, 1.807) is 14.2 Å². The molecular formula is C29H33NO3. The topological polar surface area (TPSA) is 40.5 Å². The van der Waals surface area contributed by atoms with E-state index in [9.17, 15) is 4.79 Å². The highest BCUT2D eigenvalue weighted by molar-refractivity contribution is 5.84. The van der Waals surface area contributed by atoms with Gasteiger partial charge in [-0.3, -0.25) is 4.79 Å². The minimum atomic E-state index is 0.160. The quantitative estimate of drug-likeness (QED) is 0.522. The van der Waals surface area contributed by atoms with E-state index in [4.69, 9.17) is 9.47 Å². The molecule has 0 unspecified atom stereocenters. The minimum Gasteiger partial charge on any atom is -0.493 e. The van der Waals surface area contributed by atoms with Crippen molar-refractivity contribution in [2.24, 2.45) is 30.2 Å². The summed E-state index contributed by atoms with van der Waals surface area (Å²) in [5.41, 5.74) is 5.01. The number of hydrogen-bond acceptors (Lipinski definition) is 3. The van der Waals surface area contributed by atoms with Crippen LogP contribution in [0.2, 0.25) is 0 Å². The van der Waals surface area contributed by atoms with E-state index < -0.39 is 0 Å². The Labute approximate surface area is 195 Å². The zero-order chi connectivity index (χ0) is 23.1. The lowest BCUT2D eigenvalue weighted by Crippen LogP contribution is -2.56. The van der Waals surface area contributed by atoms with Crippen molar-refractivity contribution in [2.45, 2.75) is 44.9 Å². The predicted molar refractivity (Wildman–Crippen MR) is 131 cm³/mol. The fourth-order valence-electron chi connectivity index (χ4n) is 7.40. The molecule has 0 aliphatic heterocycles. The van der Waals surface area contributed by atoms with Gasteiger partial charge in [-0.25, -0.2) is 0 Å². The van der Waals surface area contributed by atoms with Crippen molar-refractivity contribution in [1.82, 2.24) is 4.57 Å². The summed E-state index contributed by atoms with van der Waals surface area (Å²) < 4.78 is 13.0. The van der Waals surface area contributed by atoms with Crippen molar-refractivity contribution in [3.63, 3.8) is 0 Å². The lowest BCUT2D eigenvalue weighted by Gasteiger charge is -2.62. The molecule has 0 N–H and O–H groups in total. The normalized spacial score (nSPS) is 27.4. The Morgan fingerprint density at radius 3 is 2.39 bits per heavy atom. The van der Waals surface area contributed by atoms with Crippen molar-refractivity contribution in [3.8, 4) is 11.5 Å². The molecule has 4 heteroatoms. The molecule has 2 fully saturated rings. The molecule has 6 rings (SSSR count). The molecular weight excluding hydrogens is 410 g/mol. The molecule has 2 saturated carbocycles. The van der Waals surface area contributed by atoms with Gasteiger partial charge in [0.2, 0.25) is 0 Å². The summed E-state index contributed by atoms with van der Waals surface area (Å²) in [6.45, 7) is 4.86. The average molecular weight is 444 g/mol. The van der Waals surface area contributed by atoms with Crippen LogP contribution >= 0.6 is 0 Å². The number of ether oxygens (including phenoxy) is 2. The zero-order valence-corrected chi connectivity index (χ0v) is 20.2. The molecule has 0 spiro atoms. The first-order valence-electron chi connectivity index (χ1n) is 12.2. The zero-order valence-electron chi connectivity index (χ0n) is 20.2. The van der Waals surface area contributed by atoms with Gasteiger partial charge in [0, 0.05) is 23.9 Å². The van der Waals surface area contributed by atoms with E-state index in [1.165, 1.54) is 29.4 Å². The Balaban J connectivity index is 1.59. The maximum Gasteiger partial charge on any atom is 0.254 e. The highest BCUT2D eigenvalue weighted by Crippen LogP contribution is 2.71. The first kappa shape index (κ1) is 20.8. The van der Waals surface area contributed by atoms with E-state index in [2.05, 4.69) is 44.2 Å². The Morgan fingerprint density at radius 2 is 1.70 bits per heavy atom. The van der Waals surface area contributed by atoms with Gasteiger partial charge in [-0.2, -0.15) is 0 Å². The molecule has 0 radical (unpaired) electrons. The molecule has 0 amide bonds. The molecule has 172 valence electrons. The van der Waals surface area contributed by atoms with E-state index in [0.29, 0.717) is 17.8 Å². The van der Waals surface area contributed by atoms with E-state index in [0.717, 1.165) is 34.9 Å². The summed E-state index contributed by atoms with van der Waals surface area (Å²) >= 11 is 0. The van der Waals surface area contributed by atoms with Crippen LogP contribution in [0.5, 0.6) is 11.5 Å². The Kier molecular flexibility index (Phi) is 4.50. The Morgan fingerprint density at radius 1 is 0.970 bits per heavy atom. The van der Waals surface area contributed by atoms with Gasteiger partial charge < -0.3 is 14.0 Å². The molecule has 3 aliphatic rings. The molecule has 4 nitrogen and oxygen atoms in total. The Bertz CT molecular complexity index is 1320. The number of aromatic nitrogens is 1. The van der Waals surface area contributed by atoms with Gasteiger partial charge >= 0.3 is 0 Å². The number of nitrogens with zero attached hydrogens (tertiary/aromatic N) is 1. The summed E-state index contributed by atoms with van der Waals surface area (Å²) in [6.07, 6.45) is 3.61. The van der Waals surface area contributed by atoms with Gasteiger partial charge in [-0.15, -0.1) is 0 Å². The second-order valence-corrected chi connectivity index (χ2v) is 11.0. The summed E-state index contributed by atoms with van der Waals surface area (Å²) in [7, 11) is 5.31. The van der Waals surface area contributed by atoms with Crippen LogP contribution in [-0.4, -0.2) is 18.8 Å². The van der Waals surface area contributed by atoms with Gasteiger partial charge in [-0.05, 0) is 77.7 Å². The highest BCUT2D eigenvalue weighted by atomic mass is 16.5. The molecule has 1 heterocycles. The molecule has 0 saturated heterocycles. The number of aryl methyl sites for hydroxylation is 1. The van der Waals surface area contributed by atoms with E-state index in [-0.39, 0.29) is 16.9 Å². The number of pyridine rings is 1. The highest BCUT2D eigenvalue weighted by Gasteiger charge is 2.63. The third-order valence-electron chi connectivity index (χ3n) is 8.88. The fourth-order valence-corrected chi connectivity index (χ4v) is 7.40. The van der Waals surface area contributed by atoms with Gasteiger partial charge in [0.1, 0.15) is 0 Å². The van der Waals surface area contributed by atoms with Gasteiger partial charge in [0.15, 0.2) is 11.5 Å². The van der Waals surface area contributed by atoms with Crippen molar-refractivity contribution >= 4 is 10.9 Å². The van der Waals surface area contributed by atoms with Crippen molar-refractivity contribution < 1.29 is 9.47 Å². The standard InChI is InChI=1S/C29H33NO3/c1-29(2)15-19-18-8-6-7-9-20(18)30(3)28(31)25(19)26-23(24(27(26)29)16-10-11-16)17-12-13-21(32-4)22(14-17)33-5/h6-9,12-14,16,23-24,26-27H,10-11,15H2,1-5H3/t23-,24-,26+,27+/m1/s1. The predicted octanol–water partition coefficient (Wildman–Crippen LogP) is 5.66. The van der Waals surface area contributed by atoms with Crippen molar-refractivity contribution in [2.75, 3.05) is 14.2 Å². The number of methoxy groups -OCH3 is 2.